The Morgan fingerprint density at radius 3 is 2.58 bits per heavy atom. The van der Waals surface area contributed by atoms with Crippen LogP contribution in [0.25, 0.3) is 5.76 Å². The van der Waals surface area contributed by atoms with Gasteiger partial charge in [0.1, 0.15) is 5.76 Å². The SMILES string of the molecule is CCCN1C(=O)C(=O)/C(=C(/O)c2cccc([N+](=O)[O-])c2)C1c1ccc(O)c(OCC)c1. The van der Waals surface area contributed by atoms with E-state index >= 15 is 0 Å². The Morgan fingerprint density at radius 1 is 1.19 bits per heavy atom. The first-order valence-corrected chi connectivity index (χ1v) is 9.79. The van der Waals surface area contributed by atoms with Crippen LogP contribution in [-0.2, 0) is 9.59 Å². The van der Waals surface area contributed by atoms with Crippen LogP contribution < -0.4 is 4.74 Å². The zero-order chi connectivity index (χ0) is 22.7. The van der Waals surface area contributed by atoms with Crippen molar-refractivity contribution in [3.63, 3.8) is 0 Å². The standard InChI is InChI=1S/C22H22N2O7/c1-3-10-23-19(13-8-9-16(25)17(12-13)31-4-2)18(21(27)22(23)28)20(26)14-6-5-7-15(11-14)24(29)30/h5-9,11-12,19,25-26H,3-4,10H2,1-2H3/b20-18+. The number of benzene rings is 2. The van der Waals surface area contributed by atoms with E-state index < -0.39 is 28.4 Å². The number of aliphatic hydroxyl groups is 1. The number of amides is 1. The third kappa shape index (κ3) is 4.07. The van der Waals surface area contributed by atoms with Crippen LogP contribution in [0.5, 0.6) is 11.5 Å². The number of aromatic hydroxyl groups is 1. The monoisotopic (exact) mass is 426 g/mol. The topological polar surface area (TPSA) is 130 Å². The fraction of sp³-hybridized carbons (Fsp3) is 0.273. The number of phenolic OH excluding ortho intramolecular Hbond substituents is 1. The van der Waals surface area contributed by atoms with E-state index in [9.17, 15) is 29.9 Å². The number of non-ortho nitro benzene ring substituents is 1. The van der Waals surface area contributed by atoms with Crippen LogP contribution in [0.3, 0.4) is 0 Å². The molecule has 1 aliphatic rings. The number of Topliss-reactive ketones (excluding diaryl/α,β-unsaturated/α-hetero) is 1. The maximum Gasteiger partial charge on any atom is 0.295 e. The van der Waals surface area contributed by atoms with Crippen LogP contribution >= 0.6 is 0 Å². The molecule has 1 atom stereocenters. The minimum atomic E-state index is -0.931. The van der Waals surface area contributed by atoms with Crippen molar-refractivity contribution in [1.82, 2.24) is 4.90 Å². The predicted molar refractivity (Wildman–Crippen MR) is 112 cm³/mol. The maximum atomic E-state index is 12.9. The molecule has 31 heavy (non-hydrogen) atoms. The van der Waals surface area contributed by atoms with E-state index in [0.717, 1.165) is 6.07 Å². The molecule has 0 saturated carbocycles. The fourth-order valence-corrected chi connectivity index (χ4v) is 3.59. The normalized spacial score (nSPS) is 17.7. The van der Waals surface area contributed by atoms with Crippen LogP contribution in [0.15, 0.2) is 48.0 Å². The number of nitro groups is 1. The van der Waals surface area contributed by atoms with Gasteiger partial charge in [0.25, 0.3) is 17.4 Å². The number of aliphatic hydroxyl groups excluding tert-OH is 1. The zero-order valence-electron chi connectivity index (χ0n) is 17.1. The summed E-state index contributed by atoms with van der Waals surface area (Å²) in [5.41, 5.74) is 0.0807. The number of nitro benzene ring substituents is 1. The quantitative estimate of drug-likeness (QED) is 0.228. The van der Waals surface area contributed by atoms with E-state index in [1.165, 1.54) is 41.3 Å². The van der Waals surface area contributed by atoms with Crippen molar-refractivity contribution in [2.45, 2.75) is 26.3 Å². The van der Waals surface area contributed by atoms with Crippen LogP contribution in [0, 0.1) is 10.1 Å². The highest BCUT2D eigenvalue weighted by atomic mass is 16.6. The summed E-state index contributed by atoms with van der Waals surface area (Å²) >= 11 is 0. The number of hydrogen-bond acceptors (Lipinski definition) is 7. The third-order valence-corrected chi connectivity index (χ3v) is 4.93. The number of rotatable bonds is 7. The van der Waals surface area contributed by atoms with E-state index in [2.05, 4.69) is 0 Å². The summed E-state index contributed by atoms with van der Waals surface area (Å²) in [6, 6.07) is 8.73. The zero-order valence-corrected chi connectivity index (χ0v) is 17.1. The van der Waals surface area contributed by atoms with Gasteiger partial charge < -0.3 is 19.8 Å². The highest BCUT2D eigenvalue weighted by Gasteiger charge is 2.46. The maximum absolute atomic E-state index is 12.9. The highest BCUT2D eigenvalue weighted by Crippen LogP contribution is 2.42. The van der Waals surface area contributed by atoms with Gasteiger partial charge in [-0.25, -0.2) is 0 Å². The molecule has 0 spiro atoms. The van der Waals surface area contributed by atoms with Gasteiger partial charge in [0.15, 0.2) is 11.5 Å². The van der Waals surface area contributed by atoms with E-state index in [-0.39, 0.29) is 34.9 Å². The molecule has 1 heterocycles. The van der Waals surface area contributed by atoms with Gasteiger partial charge in [0.2, 0.25) is 0 Å². The fourth-order valence-electron chi connectivity index (χ4n) is 3.59. The molecule has 2 aromatic carbocycles. The van der Waals surface area contributed by atoms with Gasteiger partial charge in [-0.15, -0.1) is 0 Å². The number of ketones is 1. The van der Waals surface area contributed by atoms with Gasteiger partial charge in [-0.2, -0.15) is 0 Å². The molecule has 162 valence electrons. The van der Waals surface area contributed by atoms with E-state index in [1.807, 2.05) is 6.92 Å². The second kappa shape index (κ2) is 8.86. The molecule has 3 rings (SSSR count). The summed E-state index contributed by atoms with van der Waals surface area (Å²) in [5.74, 6) is -2.08. The number of ether oxygens (including phenoxy) is 1. The van der Waals surface area contributed by atoms with Crippen molar-refractivity contribution < 1.29 is 29.5 Å². The number of likely N-dealkylation sites (tertiary alicyclic amines) is 1. The lowest BCUT2D eigenvalue weighted by molar-refractivity contribution is -0.384. The Kier molecular flexibility index (Phi) is 6.24. The molecular formula is C22H22N2O7. The molecule has 0 radical (unpaired) electrons. The summed E-state index contributed by atoms with van der Waals surface area (Å²) in [6.07, 6.45) is 0.566. The Labute approximate surface area is 178 Å². The number of phenols is 1. The molecule has 0 bridgehead atoms. The van der Waals surface area contributed by atoms with Gasteiger partial charge in [0, 0.05) is 24.2 Å². The first kappa shape index (κ1) is 21.8. The highest BCUT2D eigenvalue weighted by molar-refractivity contribution is 6.46. The average Bonchev–Trinajstić information content (AvgIpc) is 3.00. The molecular weight excluding hydrogens is 404 g/mol. The predicted octanol–water partition coefficient (Wildman–Crippen LogP) is 3.53. The molecule has 0 aliphatic carbocycles. The van der Waals surface area contributed by atoms with E-state index in [1.54, 1.807) is 6.92 Å². The lowest BCUT2D eigenvalue weighted by atomic mass is 9.94. The molecule has 9 nitrogen and oxygen atoms in total. The van der Waals surface area contributed by atoms with Gasteiger partial charge in [-0.3, -0.25) is 19.7 Å². The molecule has 2 N–H and O–H groups in total. The molecule has 0 aromatic heterocycles. The van der Waals surface area contributed by atoms with Gasteiger partial charge in [0.05, 0.1) is 23.1 Å². The van der Waals surface area contributed by atoms with E-state index in [0.29, 0.717) is 18.6 Å². The summed E-state index contributed by atoms with van der Waals surface area (Å²) in [6.45, 7) is 4.14. The van der Waals surface area contributed by atoms with Gasteiger partial charge in [-0.1, -0.05) is 25.1 Å². The first-order chi connectivity index (χ1) is 14.8. The average molecular weight is 426 g/mol. The molecule has 1 fully saturated rings. The molecule has 9 heteroatoms. The second-order valence-electron chi connectivity index (χ2n) is 6.96. The lowest BCUT2D eigenvalue weighted by Crippen LogP contribution is -2.30. The van der Waals surface area contributed by atoms with Crippen LogP contribution in [0.1, 0.15) is 37.4 Å². The van der Waals surface area contributed by atoms with Crippen molar-refractivity contribution in [2.24, 2.45) is 0 Å². The van der Waals surface area contributed by atoms with Crippen molar-refractivity contribution in [1.29, 1.82) is 0 Å². The van der Waals surface area contributed by atoms with Crippen molar-refractivity contribution in [3.8, 4) is 11.5 Å². The minimum Gasteiger partial charge on any atom is -0.507 e. The van der Waals surface area contributed by atoms with Crippen LogP contribution in [0.2, 0.25) is 0 Å². The Morgan fingerprint density at radius 2 is 1.94 bits per heavy atom. The first-order valence-electron chi connectivity index (χ1n) is 9.79. The molecule has 1 unspecified atom stereocenters. The minimum absolute atomic E-state index is 0.0532. The molecule has 1 aliphatic heterocycles. The molecule has 1 amide bonds. The summed E-state index contributed by atoms with van der Waals surface area (Å²) in [5, 5.41) is 32.1. The van der Waals surface area contributed by atoms with Crippen molar-refractivity contribution in [3.05, 3.63) is 69.3 Å². The lowest BCUT2D eigenvalue weighted by Gasteiger charge is -2.25. The number of carbonyl (C=O) groups is 2. The second-order valence-corrected chi connectivity index (χ2v) is 6.96. The Balaban J connectivity index is 2.21. The van der Waals surface area contributed by atoms with E-state index in [4.69, 9.17) is 4.74 Å². The molecule has 2 aromatic rings. The van der Waals surface area contributed by atoms with Crippen LogP contribution in [0.4, 0.5) is 5.69 Å². The molecule has 1 saturated heterocycles. The number of carbonyl (C=O) groups excluding carboxylic acids is 2. The smallest absolute Gasteiger partial charge is 0.295 e. The number of hydrogen-bond donors (Lipinski definition) is 2. The summed E-state index contributed by atoms with van der Waals surface area (Å²) < 4.78 is 5.42. The Bertz CT molecular complexity index is 1080. The van der Waals surface area contributed by atoms with Gasteiger partial charge >= 0.3 is 0 Å². The van der Waals surface area contributed by atoms with Crippen LogP contribution in [-0.4, -0.2) is 44.9 Å². The summed E-state index contributed by atoms with van der Waals surface area (Å²) in [4.78, 5) is 37.4. The third-order valence-electron chi connectivity index (χ3n) is 4.93. The largest absolute Gasteiger partial charge is 0.507 e. The summed E-state index contributed by atoms with van der Waals surface area (Å²) in [7, 11) is 0. The Hall–Kier alpha value is -3.88. The number of nitrogens with zero attached hydrogens (tertiary/aromatic N) is 2. The van der Waals surface area contributed by atoms with Crippen molar-refractivity contribution in [2.75, 3.05) is 13.2 Å². The van der Waals surface area contributed by atoms with Gasteiger partial charge in [-0.05, 0) is 31.0 Å². The van der Waals surface area contributed by atoms with Crippen molar-refractivity contribution >= 4 is 23.1 Å².